The highest BCUT2D eigenvalue weighted by Crippen LogP contribution is 2.27. The minimum Gasteiger partial charge on any atom is -0.494 e. The number of nitrogens with one attached hydrogen (secondary N) is 1. The van der Waals surface area contributed by atoms with Gasteiger partial charge in [-0.2, -0.15) is 0 Å². The first-order valence-electron chi connectivity index (χ1n) is 7.98. The van der Waals surface area contributed by atoms with Gasteiger partial charge in [0.2, 0.25) is 5.91 Å². The first-order chi connectivity index (χ1) is 10.7. The van der Waals surface area contributed by atoms with E-state index >= 15 is 0 Å². The number of ether oxygens (including phenoxy) is 1. The molecule has 2 fully saturated rings. The Hall–Kier alpha value is -1.62. The number of carbonyl (C=O) groups excluding carboxylic acids is 1. The van der Waals surface area contributed by atoms with Gasteiger partial charge in [0, 0.05) is 13.1 Å². The Kier molecular flexibility index (Phi) is 4.62. The topological polar surface area (TPSA) is 41.6 Å². The monoisotopic (exact) mass is 306 g/mol. The number of methoxy groups -OCH3 is 1. The lowest BCUT2D eigenvalue weighted by molar-refractivity contribution is -0.130. The van der Waals surface area contributed by atoms with Gasteiger partial charge in [0.05, 0.1) is 13.5 Å². The summed E-state index contributed by atoms with van der Waals surface area (Å²) >= 11 is 0. The number of hydrogen-bond acceptors (Lipinski definition) is 3. The molecule has 3 rings (SSSR count). The zero-order valence-electron chi connectivity index (χ0n) is 13.0. The van der Waals surface area contributed by atoms with Crippen molar-refractivity contribution in [1.29, 1.82) is 0 Å². The maximum atomic E-state index is 13.7. The second-order valence-electron chi connectivity index (χ2n) is 6.28. The van der Waals surface area contributed by atoms with E-state index in [1.807, 2.05) is 4.90 Å². The molecule has 1 aromatic rings. The van der Waals surface area contributed by atoms with Crippen molar-refractivity contribution in [2.45, 2.75) is 19.3 Å². The van der Waals surface area contributed by atoms with Gasteiger partial charge in [-0.05, 0) is 55.5 Å². The number of amides is 1. The summed E-state index contributed by atoms with van der Waals surface area (Å²) in [5.74, 6) is 1.31. The highest BCUT2D eigenvalue weighted by molar-refractivity contribution is 5.78. The number of rotatable bonds is 3. The molecular weight excluding hydrogens is 283 g/mol. The van der Waals surface area contributed by atoms with E-state index in [1.54, 1.807) is 12.1 Å². The van der Waals surface area contributed by atoms with Crippen molar-refractivity contribution in [2.24, 2.45) is 11.8 Å². The van der Waals surface area contributed by atoms with Gasteiger partial charge in [0.1, 0.15) is 0 Å². The standard InChI is InChI=1S/C17H23FN2O2/c1-22-16-3-2-12(8-15(16)18)9-17(21)20-6-4-13-10-19-11-14(13)5-7-20/h2-3,8,13-14,19H,4-7,9-11H2,1H3/t13-,14+. The van der Waals surface area contributed by atoms with Crippen LogP contribution in [-0.4, -0.2) is 44.1 Å². The molecule has 2 aliphatic rings. The third-order valence-corrected chi connectivity index (χ3v) is 4.94. The van der Waals surface area contributed by atoms with Crippen LogP contribution < -0.4 is 10.1 Å². The van der Waals surface area contributed by atoms with Crippen LogP contribution in [0.5, 0.6) is 5.75 Å². The molecule has 0 aliphatic carbocycles. The number of nitrogens with zero attached hydrogens (tertiary/aromatic N) is 1. The van der Waals surface area contributed by atoms with Crippen LogP contribution in [0.2, 0.25) is 0 Å². The van der Waals surface area contributed by atoms with Crippen molar-refractivity contribution < 1.29 is 13.9 Å². The van der Waals surface area contributed by atoms with Crippen LogP contribution in [0.15, 0.2) is 18.2 Å². The van der Waals surface area contributed by atoms with Gasteiger partial charge in [-0.1, -0.05) is 6.07 Å². The molecule has 1 amide bonds. The highest BCUT2D eigenvalue weighted by atomic mass is 19.1. The average Bonchev–Trinajstić information content (AvgIpc) is 2.86. The largest absolute Gasteiger partial charge is 0.494 e. The van der Waals surface area contributed by atoms with Gasteiger partial charge in [0.15, 0.2) is 11.6 Å². The van der Waals surface area contributed by atoms with E-state index in [9.17, 15) is 9.18 Å². The zero-order chi connectivity index (χ0) is 15.5. The highest BCUT2D eigenvalue weighted by Gasteiger charge is 2.31. The van der Waals surface area contributed by atoms with Crippen molar-refractivity contribution >= 4 is 5.91 Å². The lowest BCUT2D eigenvalue weighted by atomic mass is 9.92. The molecule has 2 saturated heterocycles. The van der Waals surface area contributed by atoms with Crippen LogP contribution >= 0.6 is 0 Å². The number of carbonyl (C=O) groups is 1. The number of halogens is 1. The Morgan fingerprint density at radius 2 is 2.00 bits per heavy atom. The molecule has 0 aromatic heterocycles. The zero-order valence-corrected chi connectivity index (χ0v) is 13.0. The maximum Gasteiger partial charge on any atom is 0.226 e. The van der Waals surface area contributed by atoms with Crippen LogP contribution in [-0.2, 0) is 11.2 Å². The summed E-state index contributed by atoms with van der Waals surface area (Å²) in [5.41, 5.74) is 0.703. The number of likely N-dealkylation sites (tertiary alicyclic amines) is 1. The number of hydrogen-bond donors (Lipinski definition) is 1. The summed E-state index contributed by atoms with van der Waals surface area (Å²) in [6.45, 7) is 3.80. The van der Waals surface area contributed by atoms with E-state index in [-0.39, 0.29) is 18.1 Å². The second-order valence-corrected chi connectivity index (χ2v) is 6.28. The fraction of sp³-hybridized carbons (Fsp3) is 0.588. The third kappa shape index (κ3) is 3.24. The fourth-order valence-electron chi connectivity index (χ4n) is 3.57. The molecule has 1 aromatic carbocycles. The van der Waals surface area contributed by atoms with Crippen LogP contribution in [0, 0.1) is 17.7 Å². The average molecular weight is 306 g/mol. The van der Waals surface area contributed by atoms with Gasteiger partial charge in [-0.15, -0.1) is 0 Å². The van der Waals surface area contributed by atoms with Crippen molar-refractivity contribution in [3.05, 3.63) is 29.6 Å². The summed E-state index contributed by atoms with van der Waals surface area (Å²) in [6, 6.07) is 4.74. The molecule has 120 valence electrons. The Balaban J connectivity index is 1.60. The van der Waals surface area contributed by atoms with Gasteiger partial charge >= 0.3 is 0 Å². The molecule has 2 aliphatic heterocycles. The van der Waals surface area contributed by atoms with Gasteiger partial charge in [-0.25, -0.2) is 4.39 Å². The summed E-state index contributed by atoms with van der Waals surface area (Å²) < 4.78 is 18.6. The minimum atomic E-state index is -0.413. The smallest absolute Gasteiger partial charge is 0.226 e. The summed E-state index contributed by atoms with van der Waals surface area (Å²) in [4.78, 5) is 14.4. The summed E-state index contributed by atoms with van der Waals surface area (Å²) in [5, 5.41) is 3.44. The van der Waals surface area contributed by atoms with Crippen molar-refractivity contribution in [2.75, 3.05) is 33.3 Å². The molecule has 4 nitrogen and oxygen atoms in total. The predicted octanol–water partition coefficient (Wildman–Crippen LogP) is 1.83. The quantitative estimate of drug-likeness (QED) is 0.926. The lowest BCUT2D eigenvalue weighted by Crippen LogP contribution is -2.33. The van der Waals surface area contributed by atoms with Crippen molar-refractivity contribution in [3.63, 3.8) is 0 Å². The lowest BCUT2D eigenvalue weighted by Gasteiger charge is -2.21. The predicted molar refractivity (Wildman–Crippen MR) is 82.3 cm³/mol. The number of benzene rings is 1. The van der Waals surface area contributed by atoms with Gasteiger partial charge in [0.25, 0.3) is 0 Å². The van der Waals surface area contributed by atoms with E-state index < -0.39 is 5.82 Å². The first kappa shape index (κ1) is 15.3. The van der Waals surface area contributed by atoms with Crippen molar-refractivity contribution in [1.82, 2.24) is 10.2 Å². The Morgan fingerprint density at radius 1 is 1.32 bits per heavy atom. The van der Waals surface area contributed by atoms with Crippen LogP contribution in [0.4, 0.5) is 4.39 Å². The van der Waals surface area contributed by atoms with E-state index in [0.29, 0.717) is 17.4 Å². The molecule has 0 spiro atoms. The first-order valence-corrected chi connectivity index (χ1v) is 7.98. The maximum absolute atomic E-state index is 13.7. The molecule has 22 heavy (non-hydrogen) atoms. The molecule has 1 N–H and O–H groups in total. The molecule has 0 saturated carbocycles. The van der Waals surface area contributed by atoms with Gasteiger partial charge < -0.3 is 15.0 Å². The Morgan fingerprint density at radius 3 is 2.59 bits per heavy atom. The minimum absolute atomic E-state index is 0.0949. The van der Waals surface area contributed by atoms with E-state index in [1.165, 1.54) is 13.2 Å². The fourth-order valence-corrected chi connectivity index (χ4v) is 3.57. The summed E-state index contributed by atoms with van der Waals surface area (Å²) in [7, 11) is 1.44. The molecule has 0 radical (unpaired) electrons. The third-order valence-electron chi connectivity index (χ3n) is 4.94. The van der Waals surface area contributed by atoms with Crippen LogP contribution in [0.25, 0.3) is 0 Å². The Bertz CT molecular complexity index is 535. The SMILES string of the molecule is COc1ccc(CC(=O)N2CC[C@@H]3CNC[C@@H]3CC2)cc1F. The van der Waals surface area contributed by atoms with E-state index in [0.717, 1.165) is 39.0 Å². The van der Waals surface area contributed by atoms with Gasteiger partial charge in [-0.3, -0.25) is 4.79 Å². The molecule has 2 atom stereocenters. The number of fused-ring (bicyclic) bond motifs is 1. The molecular formula is C17H23FN2O2. The van der Waals surface area contributed by atoms with E-state index in [2.05, 4.69) is 5.32 Å². The summed E-state index contributed by atoms with van der Waals surface area (Å²) in [6.07, 6.45) is 2.40. The van der Waals surface area contributed by atoms with Crippen LogP contribution in [0.3, 0.4) is 0 Å². The van der Waals surface area contributed by atoms with Crippen LogP contribution in [0.1, 0.15) is 18.4 Å². The molecule has 0 bridgehead atoms. The Labute approximate surface area is 130 Å². The molecule has 0 unspecified atom stereocenters. The normalized spacial score (nSPS) is 24.7. The van der Waals surface area contributed by atoms with E-state index in [4.69, 9.17) is 4.74 Å². The molecule has 2 heterocycles. The van der Waals surface area contributed by atoms with Crippen molar-refractivity contribution in [3.8, 4) is 5.75 Å². The second kappa shape index (κ2) is 6.65. The molecule has 5 heteroatoms.